The predicted molar refractivity (Wildman–Crippen MR) is 75.2 cm³/mol. The number of aromatic carboxylic acids is 1. The van der Waals surface area contributed by atoms with E-state index < -0.39 is 59.6 Å². The highest BCUT2D eigenvalue weighted by Crippen LogP contribution is 2.27. The molecule has 1 aromatic rings. The summed E-state index contributed by atoms with van der Waals surface area (Å²) in [6.45, 7) is 0. The Hall–Kier alpha value is -3.47. The number of hydrogen-bond donors (Lipinski definition) is 5. The Bertz CT molecular complexity index is 751. The van der Waals surface area contributed by atoms with Crippen molar-refractivity contribution in [2.24, 2.45) is 0 Å². The van der Waals surface area contributed by atoms with Crippen LogP contribution in [-0.4, -0.2) is 60.8 Å². The number of carboxylic acids is 3. The topological polar surface area (TPSA) is 196 Å². The van der Waals surface area contributed by atoms with Gasteiger partial charge in [0.15, 0.2) is 17.1 Å². The maximum absolute atomic E-state index is 11.7. The lowest BCUT2D eigenvalue weighted by atomic mass is 9.93. The van der Waals surface area contributed by atoms with Gasteiger partial charge in [-0.3, -0.25) is 9.59 Å². The number of esters is 1. The first-order valence-electron chi connectivity index (χ1n) is 6.45. The number of phenols is 1. The second kappa shape index (κ2) is 7.40. The average molecular weight is 356 g/mol. The normalized spacial score (nSPS) is 12.7. The Morgan fingerprint density at radius 1 is 1.00 bits per heavy atom. The van der Waals surface area contributed by atoms with Crippen LogP contribution in [0.2, 0.25) is 0 Å². The van der Waals surface area contributed by atoms with Crippen LogP contribution in [-0.2, 0) is 19.2 Å². The van der Waals surface area contributed by atoms with E-state index in [9.17, 15) is 34.2 Å². The van der Waals surface area contributed by atoms with Gasteiger partial charge in [-0.25, -0.2) is 14.4 Å². The van der Waals surface area contributed by atoms with Gasteiger partial charge in [0.1, 0.15) is 0 Å². The molecule has 0 aromatic heterocycles. The second-order valence-electron chi connectivity index (χ2n) is 4.88. The van der Waals surface area contributed by atoms with Gasteiger partial charge < -0.3 is 30.3 Å². The molecule has 1 rings (SSSR count). The van der Waals surface area contributed by atoms with Gasteiger partial charge in [-0.05, 0) is 18.2 Å². The van der Waals surface area contributed by atoms with Gasteiger partial charge in [-0.1, -0.05) is 0 Å². The Balaban J connectivity index is 2.95. The summed E-state index contributed by atoms with van der Waals surface area (Å²) in [5.74, 6) is -9.84. The summed E-state index contributed by atoms with van der Waals surface area (Å²) in [7, 11) is 0. The first kappa shape index (κ1) is 19.6. The van der Waals surface area contributed by atoms with Crippen molar-refractivity contribution in [3.05, 3.63) is 23.8 Å². The van der Waals surface area contributed by atoms with Crippen molar-refractivity contribution in [1.29, 1.82) is 0 Å². The van der Waals surface area contributed by atoms with Crippen LogP contribution in [0.25, 0.3) is 0 Å². The molecule has 0 aliphatic rings. The molecule has 11 nitrogen and oxygen atoms in total. The van der Waals surface area contributed by atoms with Crippen LogP contribution in [0, 0.1) is 0 Å². The SMILES string of the molecule is O=C(O)CC(O)(CC(=O)C(=O)Oc1cc(C(=O)O)ccc1O)C(=O)O. The van der Waals surface area contributed by atoms with Gasteiger partial charge in [0.2, 0.25) is 5.78 Å². The Morgan fingerprint density at radius 3 is 2.08 bits per heavy atom. The van der Waals surface area contributed by atoms with E-state index in [0.29, 0.717) is 0 Å². The summed E-state index contributed by atoms with van der Waals surface area (Å²) in [6.07, 6.45) is -2.74. The van der Waals surface area contributed by atoms with Crippen molar-refractivity contribution < 1.29 is 54.2 Å². The molecule has 0 saturated carbocycles. The first-order valence-corrected chi connectivity index (χ1v) is 6.45. The highest BCUT2D eigenvalue weighted by Gasteiger charge is 2.42. The van der Waals surface area contributed by atoms with E-state index in [1.807, 2.05) is 0 Å². The first-order chi connectivity index (χ1) is 11.5. The molecule has 1 unspecified atom stereocenters. The monoisotopic (exact) mass is 356 g/mol. The minimum absolute atomic E-state index is 0.374. The zero-order valence-electron chi connectivity index (χ0n) is 12.3. The third-order valence-electron chi connectivity index (χ3n) is 2.93. The van der Waals surface area contributed by atoms with Crippen molar-refractivity contribution in [2.75, 3.05) is 0 Å². The Kier molecular flexibility index (Phi) is 5.79. The summed E-state index contributed by atoms with van der Waals surface area (Å²) in [5.41, 5.74) is -3.41. The van der Waals surface area contributed by atoms with Gasteiger partial charge in [0.05, 0.1) is 18.4 Å². The molecule has 0 fully saturated rings. The number of benzene rings is 1. The van der Waals surface area contributed by atoms with E-state index >= 15 is 0 Å². The fraction of sp³-hybridized carbons (Fsp3) is 0.214. The van der Waals surface area contributed by atoms with E-state index in [0.717, 1.165) is 18.2 Å². The van der Waals surface area contributed by atoms with Crippen molar-refractivity contribution in [2.45, 2.75) is 18.4 Å². The second-order valence-corrected chi connectivity index (χ2v) is 4.88. The molecule has 11 heteroatoms. The van der Waals surface area contributed by atoms with E-state index in [1.54, 1.807) is 0 Å². The Labute approximate surface area is 138 Å². The highest BCUT2D eigenvalue weighted by atomic mass is 16.5. The van der Waals surface area contributed by atoms with E-state index in [-0.39, 0.29) is 5.56 Å². The number of aliphatic carboxylic acids is 2. The zero-order chi connectivity index (χ0) is 19.4. The quantitative estimate of drug-likeness (QED) is 0.223. The molecule has 0 radical (unpaired) electrons. The smallest absolute Gasteiger partial charge is 0.380 e. The molecule has 0 aliphatic carbocycles. The number of hydrogen-bond acceptors (Lipinski definition) is 8. The molecule has 5 N–H and O–H groups in total. The molecule has 134 valence electrons. The van der Waals surface area contributed by atoms with Crippen LogP contribution in [0.4, 0.5) is 0 Å². The van der Waals surface area contributed by atoms with Gasteiger partial charge in [-0.15, -0.1) is 0 Å². The number of Topliss-reactive ketones (excluding diaryl/α,β-unsaturated/α-hetero) is 1. The van der Waals surface area contributed by atoms with Gasteiger partial charge in [0, 0.05) is 0 Å². The molecule has 1 aromatic carbocycles. The summed E-state index contributed by atoms with van der Waals surface area (Å²) in [6, 6.07) is 2.62. The summed E-state index contributed by atoms with van der Waals surface area (Å²) in [4.78, 5) is 55.6. The van der Waals surface area contributed by atoms with Crippen LogP contribution >= 0.6 is 0 Å². The molecule has 0 bridgehead atoms. The number of ether oxygens (including phenoxy) is 1. The van der Waals surface area contributed by atoms with Gasteiger partial charge in [-0.2, -0.15) is 0 Å². The fourth-order valence-corrected chi connectivity index (χ4v) is 1.69. The molecular formula is C14H12O11. The van der Waals surface area contributed by atoms with Crippen LogP contribution in [0.5, 0.6) is 11.5 Å². The molecule has 25 heavy (non-hydrogen) atoms. The number of ketones is 1. The number of carboxylic acid groups (broad SMARTS) is 3. The molecule has 0 heterocycles. The lowest BCUT2D eigenvalue weighted by Crippen LogP contribution is -2.44. The van der Waals surface area contributed by atoms with Crippen molar-refractivity contribution in [1.82, 2.24) is 0 Å². The minimum Gasteiger partial charge on any atom is -0.504 e. The number of aliphatic hydroxyl groups is 1. The van der Waals surface area contributed by atoms with Crippen LogP contribution < -0.4 is 4.74 Å². The number of carbonyl (C=O) groups is 5. The molecule has 1 atom stereocenters. The van der Waals surface area contributed by atoms with Crippen LogP contribution in [0.3, 0.4) is 0 Å². The number of phenolic OH excluding ortho intramolecular Hbond substituents is 1. The van der Waals surface area contributed by atoms with Gasteiger partial charge in [0.25, 0.3) is 0 Å². The molecule has 0 aliphatic heterocycles. The number of aromatic hydroxyl groups is 1. The van der Waals surface area contributed by atoms with Crippen LogP contribution in [0.1, 0.15) is 23.2 Å². The standard InChI is InChI=1S/C14H12O11/c15-7-2-1-6(11(19)20)3-9(7)25-12(21)8(16)4-14(24,13(22)23)5-10(17)18/h1-3,15,24H,4-5H2,(H,17,18)(H,19,20)(H,22,23). The maximum atomic E-state index is 11.7. The summed E-state index contributed by atoms with van der Waals surface area (Å²) >= 11 is 0. The molecule has 0 amide bonds. The zero-order valence-corrected chi connectivity index (χ0v) is 12.3. The third-order valence-corrected chi connectivity index (χ3v) is 2.93. The van der Waals surface area contributed by atoms with E-state index in [2.05, 4.69) is 4.74 Å². The molecule has 0 saturated heterocycles. The number of rotatable bonds is 8. The molecular weight excluding hydrogens is 344 g/mol. The fourth-order valence-electron chi connectivity index (χ4n) is 1.69. The lowest BCUT2D eigenvalue weighted by Gasteiger charge is -2.19. The predicted octanol–water partition coefficient (Wildman–Crippen LogP) is -0.755. The maximum Gasteiger partial charge on any atom is 0.380 e. The summed E-state index contributed by atoms with van der Waals surface area (Å²) < 4.78 is 4.48. The Morgan fingerprint density at radius 2 is 1.60 bits per heavy atom. The largest absolute Gasteiger partial charge is 0.504 e. The average Bonchev–Trinajstić information content (AvgIpc) is 2.47. The van der Waals surface area contributed by atoms with Crippen molar-refractivity contribution in [3.63, 3.8) is 0 Å². The minimum atomic E-state index is -3.03. The van der Waals surface area contributed by atoms with Crippen molar-refractivity contribution in [3.8, 4) is 11.5 Å². The van der Waals surface area contributed by atoms with E-state index in [4.69, 9.17) is 15.3 Å². The number of carbonyl (C=O) groups excluding carboxylic acids is 2. The molecule has 0 spiro atoms. The lowest BCUT2D eigenvalue weighted by molar-refractivity contribution is -0.168. The third kappa shape index (κ3) is 5.00. The van der Waals surface area contributed by atoms with Crippen LogP contribution in [0.15, 0.2) is 18.2 Å². The van der Waals surface area contributed by atoms with E-state index in [1.165, 1.54) is 0 Å². The highest BCUT2D eigenvalue weighted by molar-refractivity contribution is 6.35. The van der Waals surface area contributed by atoms with Gasteiger partial charge >= 0.3 is 23.9 Å². The van der Waals surface area contributed by atoms with Crippen molar-refractivity contribution >= 4 is 29.7 Å². The summed E-state index contributed by atoms with van der Waals surface area (Å²) in [5, 5.41) is 45.3.